The largest absolute Gasteiger partial charge is 0.379 e. The molecule has 1 aromatic carbocycles. The van der Waals surface area contributed by atoms with E-state index >= 15 is 0 Å². The van der Waals surface area contributed by atoms with Crippen molar-refractivity contribution in [2.45, 2.75) is 6.42 Å². The van der Waals surface area contributed by atoms with Gasteiger partial charge >= 0.3 is 0 Å². The molecule has 0 amide bonds. The van der Waals surface area contributed by atoms with Gasteiger partial charge in [-0.05, 0) is 36.6 Å². The van der Waals surface area contributed by atoms with Crippen LogP contribution < -0.4 is 5.73 Å². The standard InChI is InChI=1S/C14H21ClN2O/c15-14-3-1-12(2-4-14)9-13(10-16)11-17-5-7-18-8-6-17/h1-4,13H,5-11,16H2. The molecule has 4 heteroatoms. The third-order valence-corrected chi connectivity index (χ3v) is 3.64. The highest BCUT2D eigenvalue weighted by Gasteiger charge is 2.16. The van der Waals surface area contributed by atoms with E-state index in [0.717, 1.165) is 50.8 Å². The number of nitrogens with zero attached hydrogens (tertiary/aromatic N) is 1. The molecule has 1 atom stereocenters. The fourth-order valence-electron chi connectivity index (χ4n) is 2.33. The van der Waals surface area contributed by atoms with Crippen LogP contribution in [-0.2, 0) is 11.2 Å². The predicted molar refractivity (Wildman–Crippen MR) is 75.0 cm³/mol. The van der Waals surface area contributed by atoms with Crippen molar-refractivity contribution in [3.05, 3.63) is 34.9 Å². The summed E-state index contributed by atoms with van der Waals surface area (Å²) in [6, 6.07) is 8.06. The second kappa shape index (κ2) is 7.10. The molecule has 1 aliphatic heterocycles. The zero-order valence-corrected chi connectivity index (χ0v) is 11.4. The lowest BCUT2D eigenvalue weighted by molar-refractivity contribution is 0.0312. The minimum atomic E-state index is 0.504. The summed E-state index contributed by atoms with van der Waals surface area (Å²) < 4.78 is 5.36. The molecule has 3 nitrogen and oxygen atoms in total. The molecule has 1 fully saturated rings. The smallest absolute Gasteiger partial charge is 0.0594 e. The van der Waals surface area contributed by atoms with Gasteiger partial charge in [0, 0.05) is 24.7 Å². The highest BCUT2D eigenvalue weighted by atomic mass is 35.5. The van der Waals surface area contributed by atoms with E-state index in [1.165, 1.54) is 5.56 Å². The van der Waals surface area contributed by atoms with Crippen molar-refractivity contribution in [3.8, 4) is 0 Å². The lowest BCUT2D eigenvalue weighted by Crippen LogP contribution is -2.41. The first-order valence-corrected chi connectivity index (χ1v) is 6.90. The monoisotopic (exact) mass is 268 g/mol. The highest BCUT2D eigenvalue weighted by Crippen LogP contribution is 2.14. The van der Waals surface area contributed by atoms with Crippen molar-refractivity contribution in [2.75, 3.05) is 39.4 Å². The van der Waals surface area contributed by atoms with Crippen molar-refractivity contribution in [1.82, 2.24) is 4.90 Å². The Hall–Kier alpha value is -0.610. The van der Waals surface area contributed by atoms with Crippen LogP contribution in [0.4, 0.5) is 0 Å². The number of hydrogen-bond donors (Lipinski definition) is 1. The Labute approximate surface area is 114 Å². The van der Waals surface area contributed by atoms with Crippen LogP contribution in [0.3, 0.4) is 0 Å². The van der Waals surface area contributed by atoms with E-state index in [4.69, 9.17) is 22.1 Å². The van der Waals surface area contributed by atoms with Gasteiger partial charge in [0.05, 0.1) is 13.2 Å². The molecule has 0 saturated carbocycles. The predicted octanol–water partition coefficient (Wildman–Crippen LogP) is 1.79. The number of morpholine rings is 1. The van der Waals surface area contributed by atoms with E-state index < -0.39 is 0 Å². The SMILES string of the molecule is NCC(Cc1ccc(Cl)cc1)CN1CCOCC1. The lowest BCUT2D eigenvalue weighted by atomic mass is 9.98. The first-order chi connectivity index (χ1) is 8.78. The van der Waals surface area contributed by atoms with Crippen LogP contribution in [0.25, 0.3) is 0 Å². The van der Waals surface area contributed by atoms with Gasteiger partial charge in [-0.1, -0.05) is 23.7 Å². The first kappa shape index (κ1) is 13.8. The molecule has 100 valence electrons. The number of halogens is 1. The summed E-state index contributed by atoms with van der Waals surface area (Å²) in [5.74, 6) is 0.504. The molecule has 0 aliphatic carbocycles. The van der Waals surface area contributed by atoms with E-state index in [1.807, 2.05) is 12.1 Å². The van der Waals surface area contributed by atoms with E-state index in [0.29, 0.717) is 5.92 Å². The molecule has 2 rings (SSSR count). The summed E-state index contributed by atoms with van der Waals surface area (Å²) >= 11 is 5.89. The summed E-state index contributed by atoms with van der Waals surface area (Å²) in [5, 5.41) is 0.788. The Morgan fingerprint density at radius 3 is 2.50 bits per heavy atom. The second-order valence-corrected chi connectivity index (χ2v) is 5.28. The average Bonchev–Trinajstić information content (AvgIpc) is 2.41. The van der Waals surface area contributed by atoms with Crippen molar-refractivity contribution in [1.29, 1.82) is 0 Å². The maximum atomic E-state index is 5.89. The fraction of sp³-hybridized carbons (Fsp3) is 0.571. The maximum Gasteiger partial charge on any atom is 0.0594 e. The van der Waals surface area contributed by atoms with Gasteiger partial charge in [0.2, 0.25) is 0 Å². The summed E-state index contributed by atoms with van der Waals surface area (Å²) in [7, 11) is 0. The zero-order chi connectivity index (χ0) is 12.8. The Bertz CT molecular complexity index is 349. The van der Waals surface area contributed by atoms with Gasteiger partial charge in [0.25, 0.3) is 0 Å². The topological polar surface area (TPSA) is 38.5 Å². The summed E-state index contributed by atoms with van der Waals surface area (Å²) in [4.78, 5) is 2.44. The van der Waals surface area contributed by atoms with Crippen LogP contribution in [0, 0.1) is 5.92 Å². The van der Waals surface area contributed by atoms with Crippen molar-refractivity contribution < 1.29 is 4.74 Å². The van der Waals surface area contributed by atoms with E-state index in [1.54, 1.807) is 0 Å². The fourth-order valence-corrected chi connectivity index (χ4v) is 2.45. The molecular weight excluding hydrogens is 248 g/mol. The molecule has 1 unspecified atom stereocenters. The molecule has 18 heavy (non-hydrogen) atoms. The summed E-state index contributed by atoms with van der Waals surface area (Å²) in [5.41, 5.74) is 7.19. The lowest BCUT2D eigenvalue weighted by Gasteiger charge is -2.30. The molecule has 0 aromatic heterocycles. The van der Waals surface area contributed by atoms with Crippen molar-refractivity contribution >= 4 is 11.6 Å². The zero-order valence-electron chi connectivity index (χ0n) is 10.6. The van der Waals surface area contributed by atoms with E-state index in [2.05, 4.69) is 17.0 Å². The van der Waals surface area contributed by atoms with Gasteiger partial charge in [-0.15, -0.1) is 0 Å². The molecule has 0 radical (unpaired) electrons. The minimum Gasteiger partial charge on any atom is -0.379 e. The van der Waals surface area contributed by atoms with Crippen LogP contribution in [0.1, 0.15) is 5.56 Å². The van der Waals surface area contributed by atoms with Gasteiger partial charge in [-0.2, -0.15) is 0 Å². The van der Waals surface area contributed by atoms with Gasteiger partial charge in [-0.25, -0.2) is 0 Å². The van der Waals surface area contributed by atoms with Gasteiger partial charge in [-0.3, -0.25) is 4.90 Å². The summed E-state index contributed by atoms with van der Waals surface area (Å²) in [6.45, 7) is 5.52. The molecule has 1 aliphatic rings. The van der Waals surface area contributed by atoms with Crippen LogP contribution in [-0.4, -0.2) is 44.3 Å². The van der Waals surface area contributed by atoms with Crippen molar-refractivity contribution in [3.63, 3.8) is 0 Å². The summed E-state index contributed by atoms with van der Waals surface area (Å²) in [6.07, 6.45) is 1.02. The Balaban J connectivity index is 1.86. The van der Waals surface area contributed by atoms with Gasteiger partial charge in [0.15, 0.2) is 0 Å². The third-order valence-electron chi connectivity index (χ3n) is 3.39. The second-order valence-electron chi connectivity index (χ2n) is 4.85. The number of ether oxygens (including phenoxy) is 1. The molecule has 0 bridgehead atoms. The molecule has 0 spiro atoms. The maximum absolute atomic E-state index is 5.89. The quantitative estimate of drug-likeness (QED) is 0.885. The molecular formula is C14H21ClN2O. The number of nitrogens with two attached hydrogens (primary N) is 1. The molecule has 1 aromatic rings. The average molecular weight is 269 g/mol. The Morgan fingerprint density at radius 2 is 1.89 bits per heavy atom. The Kier molecular flexibility index (Phi) is 5.45. The van der Waals surface area contributed by atoms with Crippen LogP contribution in [0.2, 0.25) is 5.02 Å². The first-order valence-electron chi connectivity index (χ1n) is 6.52. The Morgan fingerprint density at radius 1 is 1.22 bits per heavy atom. The van der Waals surface area contributed by atoms with Gasteiger partial charge in [0.1, 0.15) is 0 Å². The minimum absolute atomic E-state index is 0.504. The third kappa shape index (κ3) is 4.25. The van der Waals surface area contributed by atoms with Crippen molar-refractivity contribution in [2.24, 2.45) is 11.7 Å². The van der Waals surface area contributed by atoms with Crippen LogP contribution in [0.5, 0.6) is 0 Å². The van der Waals surface area contributed by atoms with Crippen LogP contribution in [0.15, 0.2) is 24.3 Å². The number of hydrogen-bond acceptors (Lipinski definition) is 3. The van der Waals surface area contributed by atoms with E-state index in [-0.39, 0.29) is 0 Å². The normalized spacial score (nSPS) is 18.8. The highest BCUT2D eigenvalue weighted by molar-refractivity contribution is 6.30. The van der Waals surface area contributed by atoms with Crippen LogP contribution >= 0.6 is 11.6 Å². The molecule has 1 saturated heterocycles. The molecule has 1 heterocycles. The number of rotatable bonds is 5. The van der Waals surface area contributed by atoms with E-state index in [9.17, 15) is 0 Å². The number of benzene rings is 1. The van der Waals surface area contributed by atoms with Gasteiger partial charge < -0.3 is 10.5 Å². The molecule has 2 N–H and O–H groups in total.